The summed E-state index contributed by atoms with van der Waals surface area (Å²) in [5.41, 5.74) is 4.72. The Morgan fingerprint density at radius 1 is 0.545 bits per heavy atom. The van der Waals surface area contributed by atoms with E-state index in [1.807, 2.05) is 60.7 Å². The van der Waals surface area contributed by atoms with Gasteiger partial charge in [-0.25, -0.2) is 9.97 Å². The number of amides is 4. The van der Waals surface area contributed by atoms with Crippen molar-refractivity contribution in [1.82, 2.24) is 25.5 Å². The van der Waals surface area contributed by atoms with Crippen LogP contribution in [0.5, 0.6) is 0 Å². The van der Waals surface area contributed by atoms with Crippen LogP contribution in [0.4, 0.5) is 11.4 Å². The van der Waals surface area contributed by atoms with Crippen molar-refractivity contribution in [3.05, 3.63) is 143 Å². The van der Waals surface area contributed by atoms with E-state index in [2.05, 4.69) is 64.2 Å². The fourth-order valence-electron chi connectivity index (χ4n) is 8.85. The van der Waals surface area contributed by atoms with Crippen molar-refractivity contribution in [2.24, 2.45) is 11.8 Å². The molecule has 0 saturated carbocycles. The Hall–Kier alpha value is -6.06. The number of benzene rings is 4. The van der Waals surface area contributed by atoms with Crippen LogP contribution >= 0.6 is 15.9 Å². The lowest BCUT2D eigenvalue weighted by Crippen LogP contribution is -2.33. The van der Waals surface area contributed by atoms with Crippen molar-refractivity contribution in [2.45, 2.75) is 50.4 Å². The Kier molecular flexibility index (Phi) is 16.1. The van der Waals surface area contributed by atoms with E-state index >= 15 is 0 Å². The molecule has 3 aliphatic rings. The third kappa shape index (κ3) is 11.7. The summed E-state index contributed by atoms with van der Waals surface area (Å²) < 4.78 is 10.8. The molecule has 9 rings (SSSR count). The molecule has 0 atom stereocenters. The molecule has 342 valence electrons. The van der Waals surface area contributed by atoms with Gasteiger partial charge in [0.1, 0.15) is 0 Å². The summed E-state index contributed by atoms with van der Waals surface area (Å²) >= 11 is 3.50. The maximum absolute atomic E-state index is 13.4. The highest BCUT2D eigenvalue weighted by atomic mass is 79.9. The van der Waals surface area contributed by atoms with E-state index in [4.69, 9.17) is 9.47 Å². The average Bonchev–Trinajstić information content (AvgIpc) is 3.89. The normalized spacial score (nSPS) is 15.7. The van der Waals surface area contributed by atoms with Crippen LogP contribution in [0.3, 0.4) is 0 Å². The summed E-state index contributed by atoms with van der Waals surface area (Å²) in [5, 5.41) is 16.3. The molecule has 3 fully saturated rings. The van der Waals surface area contributed by atoms with Crippen LogP contribution in [0.25, 0.3) is 21.5 Å². The maximum Gasteiger partial charge on any atom is 0.272 e. The van der Waals surface area contributed by atoms with Gasteiger partial charge in [-0.1, -0.05) is 76.6 Å². The van der Waals surface area contributed by atoms with Crippen LogP contribution in [0.15, 0.2) is 109 Å². The smallest absolute Gasteiger partial charge is 0.272 e. The zero-order valence-electron chi connectivity index (χ0n) is 37.0. The lowest BCUT2D eigenvalue weighted by atomic mass is 9.98. The third-order valence-electron chi connectivity index (χ3n) is 12.6. The number of carbonyl (C=O) groups excluding carboxylic acids is 4. The molecule has 0 spiro atoms. The molecule has 4 amide bonds. The third-order valence-corrected chi connectivity index (χ3v) is 13.2. The van der Waals surface area contributed by atoms with E-state index in [0.29, 0.717) is 52.8 Å². The lowest BCUT2D eigenvalue weighted by Gasteiger charge is -2.22. The topological polar surface area (TPSA) is 164 Å². The number of anilines is 2. The number of hydrogen-bond donors (Lipinski definition) is 4. The molecule has 14 heteroatoms. The fourth-order valence-corrected chi connectivity index (χ4v) is 9.34. The second-order valence-corrected chi connectivity index (χ2v) is 17.6. The Morgan fingerprint density at radius 3 is 1.45 bits per heavy atom. The first-order valence-corrected chi connectivity index (χ1v) is 24.0. The SMILES string of the molecule is O=C(NCC1CCOCC1)c1ncccc1NC(=O)c1ccc(CBr)c2ccccc12.O=C(NCC1CCOCC1)c1ncccc1NC(=O)c1ccc(CN2CCCC2)c2ccccc12. The molecule has 6 aromatic rings. The van der Waals surface area contributed by atoms with Gasteiger partial charge in [-0.15, -0.1) is 0 Å². The van der Waals surface area contributed by atoms with E-state index in [1.165, 1.54) is 18.4 Å². The van der Waals surface area contributed by atoms with Gasteiger partial charge < -0.3 is 30.7 Å². The van der Waals surface area contributed by atoms with Gasteiger partial charge in [0.05, 0.1) is 11.4 Å². The molecule has 13 nitrogen and oxygen atoms in total. The molecule has 0 aliphatic carbocycles. The highest BCUT2D eigenvalue weighted by molar-refractivity contribution is 9.08. The average molecular weight is 955 g/mol. The van der Waals surface area contributed by atoms with Gasteiger partial charge in [0.2, 0.25) is 0 Å². The first-order chi connectivity index (χ1) is 32.4. The van der Waals surface area contributed by atoms with E-state index in [9.17, 15) is 19.2 Å². The summed E-state index contributed by atoms with van der Waals surface area (Å²) in [5.74, 6) is -0.289. The van der Waals surface area contributed by atoms with Crippen LogP contribution in [-0.2, 0) is 21.3 Å². The Balaban J connectivity index is 0.000000181. The molecule has 3 saturated heterocycles. The second kappa shape index (κ2) is 22.9. The minimum atomic E-state index is -0.290. The van der Waals surface area contributed by atoms with Crippen LogP contribution in [0.1, 0.15) is 91.3 Å². The zero-order chi connectivity index (χ0) is 45.7. The molecule has 4 aromatic carbocycles. The zero-order valence-corrected chi connectivity index (χ0v) is 38.6. The van der Waals surface area contributed by atoms with Gasteiger partial charge in [-0.3, -0.25) is 24.1 Å². The van der Waals surface area contributed by atoms with Crippen LogP contribution in [0, 0.1) is 11.8 Å². The number of pyridine rings is 2. The highest BCUT2D eigenvalue weighted by Crippen LogP contribution is 2.28. The minimum Gasteiger partial charge on any atom is -0.381 e. The van der Waals surface area contributed by atoms with E-state index < -0.39 is 0 Å². The van der Waals surface area contributed by atoms with Crippen molar-refractivity contribution in [3.8, 4) is 0 Å². The highest BCUT2D eigenvalue weighted by Gasteiger charge is 2.23. The summed E-state index contributed by atoms with van der Waals surface area (Å²) in [4.78, 5) is 63.1. The number of likely N-dealkylation sites (tertiary alicyclic amines) is 1. The van der Waals surface area contributed by atoms with Gasteiger partial charge in [-0.2, -0.15) is 0 Å². The van der Waals surface area contributed by atoms with E-state index in [-0.39, 0.29) is 35.0 Å². The standard InChI is InChI=1S/C28H32N4O3.C24H24BrN3O3/c33-27(24-10-9-21(19-32-14-3-4-15-32)22-6-1-2-7-23(22)24)31-25-8-5-13-29-26(25)28(34)30-18-20-11-16-35-17-12-20;25-14-17-7-8-20(19-5-2-1-4-18(17)19)23(29)28-21-6-3-11-26-22(21)24(30)27-15-16-9-12-31-13-10-16/h1-2,5-10,13,20H,3-4,11-12,14-19H2,(H,30,34)(H,31,33);1-8,11,16H,9-10,12-15H2,(H,27,30)(H,28,29). The van der Waals surface area contributed by atoms with Crippen LogP contribution in [0.2, 0.25) is 0 Å². The van der Waals surface area contributed by atoms with Gasteiger partial charge in [0.15, 0.2) is 11.4 Å². The monoisotopic (exact) mass is 953 g/mol. The molecule has 5 heterocycles. The molecule has 0 bridgehead atoms. The Labute approximate surface area is 393 Å². The number of halogens is 1. The van der Waals surface area contributed by atoms with Crippen molar-refractivity contribution in [2.75, 3.05) is 63.2 Å². The van der Waals surface area contributed by atoms with Gasteiger partial charge in [-0.05, 0) is 133 Å². The number of ether oxygens (including phenoxy) is 2. The molecule has 0 radical (unpaired) electrons. The van der Waals surface area contributed by atoms with Crippen molar-refractivity contribution < 1.29 is 28.7 Å². The first-order valence-electron chi connectivity index (χ1n) is 22.9. The number of nitrogens with one attached hydrogen (secondary N) is 4. The van der Waals surface area contributed by atoms with Gasteiger partial charge in [0, 0.05) is 74.9 Å². The number of nitrogens with zero attached hydrogens (tertiary/aromatic N) is 3. The lowest BCUT2D eigenvalue weighted by molar-refractivity contribution is 0.0642. The van der Waals surface area contributed by atoms with Crippen molar-refractivity contribution >= 4 is 72.5 Å². The van der Waals surface area contributed by atoms with Gasteiger partial charge in [0.25, 0.3) is 23.6 Å². The van der Waals surface area contributed by atoms with Gasteiger partial charge >= 0.3 is 0 Å². The molecule has 2 aromatic heterocycles. The summed E-state index contributed by atoms with van der Waals surface area (Å²) in [6, 6.07) is 30.4. The Morgan fingerprint density at radius 2 is 0.985 bits per heavy atom. The minimum absolute atomic E-state index is 0.212. The molecule has 66 heavy (non-hydrogen) atoms. The number of rotatable bonds is 13. The second-order valence-electron chi connectivity index (χ2n) is 17.0. The number of aromatic nitrogens is 2. The number of fused-ring (bicyclic) bond motifs is 2. The molecule has 3 aliphatic heterocycles. The largest absolute Gasteiger partial charge is 0.381 e. The maximum atomic E-state index is 13.4. The summed E-state index contributed by atoms with van der Waals surface area (Å²) in [7, 11) is 0. The molecule has 0 unspecified atom stereocenters. The summed E-state index contributed by atoms with van der Waals surface area (Å²) in [6.45, 7) is 7.21. The van der Waals surface area contributed by atoms with E-state index in [1.54, 1.807) is 36.7 Å². The van der Waals surface area contributed by atoms with Crippen molar-refractivity contribution in [1.29, 1.82) is 0 Å². The molecular formula is C52H56BrN7O6. The predicted molar refractivity (Wildman–Crippen MR) is 261 cm³/mol. The molecule has 4 N–H and O–H groups in total. The summed E-state index contributed by atoms with van der Waals surface area (Å²) in [6.07, 6.45) is 9.36. The van der Waals surface area contributed by atoms with Crippen LogP contribution < -0.4 is 21.3 Å². The molecular weight excluding hydrogens is 899 g/mol. The number of carbonyl (C=O) groups is 4. The van der Waals surface area contributed by atoms with Crippen LogP contribution in [-0.4, -0.2) is 91.1 Å². The quantitative estimate of drug-likeness (QED) is 0.0829. The predicted octanol–water partition coefficient (Wildman–Crippen LogP) is 8.78. The fraction of sp³-hybridized carbons (Fsp3) is 0.346. The first kappa shape index (κ1) is 46.5. The number of hydrogen-bond acceptors (Lipinski definition) is 9. The van der Waals surface area contributed by atoms with E-state index in [0.717, 1.165) is 98.9 Å². The number of alkyl halides is 1. The Bertz CT molecular complexity index is 2660. The van der Waals surface area contributed by atoms with Crippen molar-refractivity contribution in [3.63, 3.8) is 0 Å².